The summed E-state index contributed by atoms with van der Waals surface area (Å²) in [5.74, 6) is -1.29. The standard InChI is InChI=1S/C21H21ClN2O4/c1-13(12-25)24(19(26)17-8-7-16(22)11-18(17)23-2)21(9-10-21)15-5-3-14(4-6-15)20(27)28/h3-8,11-13,23H,9-10H2,1-2H3,(H,27,28). The number of benzene rings is 2. The molecule has 0 aromatic heterocycles. The van der Waals surface area contributed by atoms with Gasteiger partial charge in [-0.2, -0.15) is 0 Å². The Bertz CT molecular complexity index is 923. The summed E-state index contributed by atoms with van der Waals surface area (Å²) >= 11 is 6.04. The summed E-state index contributed by atoms with van der Waals surface area (Å²) in [6.45, 7) is 1.69. The van der Waals surface area contributed by atoms with Gasteiger partial charge in [-0.3, -0.25) is 4.79 Å². The molecule has 3 rings (SSSR count). The number of carboxylic acid groups (broad SMARTS) is 1. The van der Waals surface area contributed by atoms with E-state index in [0.29, 0.717) is 29.1 Å². The smallest absolute Gasteiger partial charge is 0.335 e. The van der Waals surface area contributed by atoms with E-state index in [9.17, 15) is 14.4 Å². The number of nitrogens with one attached hydrogen (secondary N) is 1. The van der Waals surface area contributed by atoms with E-state index in [-0.39, 0.29) is 11.5 Å². The molecule has 1 amide bonds. The van der Waals surface area contributed by atoms with Gasteiger partial charge in [0.25, 0.3) is 5.91 Å². The average Bonchev–Trinajstić information content (AvgIpc) is 3.49. The number of anilines is 1. The summed E-state index contributed by atoms with van der Waals surface area (Å²) in [7, 11) is 1.70. The highest BCUT2D eigenvalue weighted by Crippen LogP contribution is 2.52. The molecule has 2 aromatic rings. The maximum absolute atomic E-state index is 13.5. The maximum Gasteiger partial charge on any atom is 0.335 e. The zero-order valence-electron chi connectivity index (χ0n) is 15.6. The summed E-state index contributed by atoms with van der Waals surface area (Å²) in [5.41, 5.74) is 1.38. The van der Waals surface area contributed by atoms with Crippen molar-refractivity contribution >= 4 is 35.5 Å². The van der Waals surface area contributed by atoms with E-state index in [1.165, 1.54) is 12.1 Å². The molecule has 28 heavy (non-hydrogen) atoms. The second kappa shape index (κ2) is 7.64. The van der Waals surface area contributed by atoms with E-state index in [4.69, 9.17) is 16.7 Å². The number of aldehydes is 1. The van der Waals surface area contributed by atoms with Crippen LogP contribution in [0.25, 0.3) is 0 Å². The Kier molecular flexibility index (Phi) is 5.42. The van der Waals surface area contributed by atoms with Crippen LogP contribution in [0.4, 0.5) is 5.69 Å². The van der Waals surface area contributed by atoms with Crippen LogP contribution < -0.4 is 5.32 Å². The van der Waals surface area contributed by atoms with Gasteiger partial charge in [0.15, 0.2) is 0 Å². The van der Waals surface area contributed by atoms with E-state index >= 15 is 0 Å². The number of hydrogen-bond donors (Lipinski definition) is 2. The van der Waals surface area contributed by atoms with Crippen LogP contribution in [0.15, 0.2) is 42.5 Å². The number of amides is 1. The number of nitrogens with zero attached hydrogens (tertiary/aromatic N) is 1. The van der Waals surface area contributed by atoms with Gasteiger partial charge < -0.3 is 20.1 Å². The Balaban J connectivity index is 2.04. The number of rotatable bonds is 7. The monoisotopic (exact) mass is 400 g/mol. The van der Waals surface area contributed by atoms with Crippen molar-refractivity contribution in [1.29, 1.82) is 0 Å². The fourth-order valence-corrected chi connectivity index (χ4v) is 3.75. The zero-order chi connectivity index (χ0) is 20.5. The summed E-state index contributed by atoms with van der Waals surface area (Å²) in [6, 6.07) is 10.8. The van der Waals surface area contributed by atoms with Crippen LogP contribution in [-0.4, -0.2) is 41.3 Å². The average molecular weight is 401 g/mol. The largest absolute Gasteiger partial charge is 0.478 e. The van der Waals surface area contributed by atoms with Crippen LogP contribution in [0.3, 0.4) is 0 Å². The SMILES string of the molecule is CNc1cc(Cl)ccc1C(=O)N(C(C)C=O)C1(c2ccc(C(=O)O)cc2)CC1. The predicted octanol–water partition coefficient (Wildman–Crippen LogP) is 3.80. The van der Waals surface area contributed by atoms with Crippen molar-refractivity contribution in [3.63, 3.8) is 0 Å². The lowest BCUT2D eigenvalue weighted by atomic mass is 9.98. The minimum atomic E-state index is -1.01. The van der Waals surface area contributed by atoms with Gasteiger partial charge >= 0.3 is 5.97 Å². The Morgan fingerprint density at radius 3 is 2.36 bits per heavy atom. The number of carbonyl (C=O) groups is 3. The van der Waals surface area contributed by atoms with Gasteiger partial charge in [0.2, 0.25) is 0 Å². The van der Waals surface area contributed by atoms with Gasteiger partial charge in [0.1, 0.15) is 6.29 Å². The molecule has 1 atom stereocenters. The predicted molar refractivity (Wildman–Crippen MR) is 107 cm³/mol. The van der Waals surface area contributed by atoms with Gasteiger partial charge in [-0.1, -0.05) is 23.7 Å². The number of hydrogen-bond acceptors (Lipinski definition) is 4. The third-order valence-corrected chi connectivity index (χ3v) is 5.39. The maximum atomic E-state index is 13.5. The molecule has 1 aliphatic rings. The van der Waals surface area contributed by atoms with Crippen molar-refractivity contribution in [2.24, 2.45) is 0 Å². The first kappa shape index (κ1) is 19.9. The second-order valence-electron chi connectivity index (χ2n) is 6.91. The number of carbonyl (C=O) groups excluding carboxylic acids is 2. The molecule has 0 aliphatic heterocycles. The van der Waals surface area contributed by atoms with Crippen LogP contribution in [0.2, 0.25) is 5.02 Å². The minimum Gasteiger partial charge on any atom is -0.478 e. The fraction of sp³-hybridized carbons (Fsp3) is 0.286. The first-order valence-electron chi connectivity index (χ1n) is 8.94. The summed E-state index contributed by atoms with van der Waals surface area (Å²) in [5, 5.41) is 12.6. The minimum absolute atomic E-state index is 0.177. The summed E-state index contributed by atoms with van der Waals surface area (Å²) in [6.07, 6.45) is 2.15. The lowest BCUT2D eigenvalue weighted by Crippen LogP contribution is -2.47. The summed E-state index contributed by atoms with van der Waals surface area (Å²) < 4.78 is 0. The Morgan fingerprint density at radius 1 is 1.21 bits per heavy atom. The van der Waals surface area contributed by atoms with E-state index in [0.717, 1.165) is 11.8 Å². The van der Waals surface area contributed by atoms with E-state index in [1.807, 2.05) is 0 Å². The highest BCUT2D eigenvalue weighted by molar-refractivity contribution is 6.31. The number of halogens is 1. The second-order valence-corrected chi connectivity index (χ2v) is 7.34. The van der Waals surface area contributed by atoms with Crippen LogP contribution >= 0.6 is 11.6 Å². The van der Waals surface area contributed by atoms with Crippen molar-refractivity contribution in [2.45, 2.75) is 31.3 Å². The molecule has 1 aliphatic carbocycles. The molecular weight excluding hydrogens is 380 g/mol. The molecule has 1 fully saturated rings. The molecule has 7 heteroatoms. The normalized spacial score (nSPS) is 15.4. The van der Waals surface area contributed by atoms with Crippen molar-refractivity contribution < 1.29 is 19.5 Å². The van der Waals surface area contributed by atoms with E-state index in [1.54, 1.807) is 49.2 Å². The van der Waals surface area contributed by atoms with Crippen LogP contribution in [0, 0.1) is 0 Å². The lowest BCUT2D eigenvalue weighted by Gasteiger charge is -2.36. The highest BCUT2D eigenvalue weighted by Gasteiger charge is 2.53. The zero-order valence-corrected chi connectivity index (χ0v) is 16.4. The quantitative estimate of drug-likeness (QED) is 0.690. The van der Waals surface area contributed by atoms with Crippen molar-refractivity contribution in [2.75, 3.05) is 12.4 Å². The molecule has 0 saturated heterocycles. The van der Waals surface area contributed by atoms with Crippen molar-refractivity contribution in [1.82, 2.24) is 4.90 Å². The molecule has 1 saturated carbocycles. The molecule has 0 heterocycles. The Hall–Kier alpha value is -2.86. The van der Waals surface area contributed by atoms with Gasteiger partial charge in [0.05, 0.1) is 22.7 Å². The number of carboxylic acids is 1. The molecule has 2 N–H and O–H groups in total. The molecular formula is C21H21ClN2O4. The third-order valence-electron chi connectivity index (χ3n) is 5.16. The third kappa shape index (κ3) is 3.47. The first-order valence-corrected chi connectivity index (χ1v) is 9.32. The van der Waals surface area contributed by atoms with Gasteiger partial charge in [-0.25, -0.2) is 4.79 Å². The molecule has 2 aromatic carbocycles. The number of aromatic carboxylic acids is 1. The van der Waals surface area contributed by atoms with Gasteiger partial charge in [-0.15, -0.1) is 0 Å². The molecule has 0 radical (unpaired) electrons. The van der Waals surface area contributed by atoms with Crippen LogP contribution in [-0.2, 0) is 10.3 Å². The van der Waals surface area contributed by atoms with Gasteiger partial charge in [0, 0.05) is 17.8 Å². The van der Waals surface area contributed by atoms with E-state index < -0.39 is 17.6 Å². The molecule has 146 valence electrons. The molecule has 0 bridgehead atoms. The molecule has 1 unspecified atom stereocenters. The highest BCUT2D eigenvalue weighted by atomic mass is 35.5. The topological polar surface area (TPSA) is 86.7 Å². The van der Waals surface area contributed by atoms with Gasteiger partial charge in [-0.05, 0) is 55.7 Å². The van der Waals surface area contributed by atoms with Crippen molar-refractivity contribution in [3.8, 4) is 0 Å². The molecule has 6 nitrogen and oxygen atoms in total. The summed E-state index contributed by atoms with van der Waals surface area (Å²) in [4.78, 5) is 37.8. The Labute approximate surface area is 168 Å². The fourth-order valence-electron chi connectivity index (χ4n) is 3.58. The van der Waals surface area contributed by atoms with Crippen molar-refractivity contribution in [3.05, 3.63) is 64.2 Å². The van der Waals surface area contributed by atoms with Crippen LogP contribution in [0.1, 0.15) is 46.0 Å². The molecule has 0 spiro atoms. The van der Waals surface area contributed by atoms with E-state index in [2.05, 4.69) is 5.32 Å². The Morgan fingerprint density at radius 2 is 1.86 bits per heavy atom. The van der Waals surface area contributed by atoms with Crippen LogP contribution in [0.5, 0.6) is 0 Å². The lowest BCUT2D eigenvalue weighted by molar-refractivity contribution is -0.112. The first-order chi connectivity index (χ1) is 13.3.